The van der Waals surface area contributed by atoms with Crippen LogP contribution in [0.3, 0.4) is 0 Å². The van der Waals surface area contributed by atoms with Crippen LogP contribution in [0.1, 0.15) is 13.8 Å². The minimum Gasteiger partial charge on any atom is -0.490 e. The van der Waals surface area contributed by atoms with Gasteiger partial charge in [-0.05, 0) is 19.9 Å². The number of benzene rings is 1. The van der Waals surface area contributed by atoms with Gasteiger partial charge in [0.25, 0.3) is 0 Å². The number of hydrogen-bond donors (Lipinski definition) is 1. The second kappa shape index (κ2) is 6.76. The van der Waals surface area contributed by atoms with Gasteiger partial charge in [0.2, 0.25) is 10.0 Å². The number of rotatable bonds is 6. The Hall–Kier alpha value is -0.530. The van der Waals surface area contributed by atoms with Crippen LogP contribution in [-0.2, 0) is 14.8 Å². The van der Waals surface area contributed by atoms with E-state index in [0.29, 0.717) is 6.61 Å². The van der Waals surface area contributed by atoms with E-state index >= 15 is 0 Å². The Labute approximate surface area is 122 Å². The minimum absolute atomic E-state index is 0.0355. The largest absolute Gasteiger partial charge is 0.490 e. The van der Waals surface area contributed by atoms with Crippen molar-refractivity contribution in [3.63, 3.8) is 0 Å². The molecule has 0 radical (unpaired) electrons. The van der Waals surface area contributed by atoms with Crippen LogP contribution in [-0.4, -0.2) is 27.7 Å². The number of nitrogens with two attached hydrogens (primary N) is 1. The lowest BCUT2D eigenvalue weighted by Gasteiger charge is -2.12. The van der Waals surface area contributed by atoms with E-state index < -0.39 is 10.0 Å². The van der Waals surface area contributed by atoms with Gasteiger partial charge in [-0.15, -0.1) is 0 Å². The molecule has 0 fully saturated rings. The molecule has 1 aromatic rings. The topological polar surface area (TPSA) is 78.6 Å². The zero-order valence-corrected chi connectivity index (χ0v) is 12.8. The minimum atomic E-state index is -3.91. The predicted molar refractivity (Wildman–Crippen MR) is 74.4 cm³/mol. The van der Waals surface area contributed by atoms with Crippen LogP contribution >= 0.6 is 23.2 Å². The van der Waals surface area contributed by atoms with E-state index in [-0.39, 0.29) is 33.4 Å². The summed E-state index contributed by atoms with van der Waals surface area (Å²) >= 11 is 11.7. The van der Waals surface area contributed by atoms with Gasteiger partial charge in [-0.3, -0.25) is 0 Å². The van der Waals surface area contributed by atoms with Crippen LogP contribution in [0.15, 0.2) is 17.0 Å². The van der Waals surface area contributed by atoms with Crippen LogP contribution in [0, 0.1) is 0 Å². The Morgan fingerprint density at radius 3 is 2.37 bits per heavy atom. The van der Waals surface area contributed by atoms with Crippen molar-refractivity contribution >= 4 is 33.2 Å². The molecule has 0 aliphatic rings. The summed E-state index contributed by atoms with van der Waals surface area (Å²) in [5, 5.41) is 5.09. The van der Waals surface area contributed by atoms with Crippen LogP contribution in [0.5, 0.6) is 5.75 Å². The van der Waals surface area contributed by atoms with Gasteiger partial charge in [0.15, 0.2) is 0 Å². The SMILES string of the molecule is CC(C)OCCOc1cc(Cl)c(S(N)(=O)=O)cc1Cl. The zero-order valence-electron chi connectivity index (χ0n) is 10.5. The zero-order chi connectivity index (χ0) is 14.6. The molecule has 0 aromatic heterocycles. The van der Waals surface area contributed by atoms with Crippen LogP contribution in [0.4, 0.5) is 0 Å². The molecule has 0 bridgehead atoms. The first-order valence-corrected chi connectivity index (χ1v) is 7.78. The summed E-state index contributed by atoms with van der Waals surface area (Å²) in [7, 11) is -3.91. The highest BCUT2D eigenvalue weighted by Gasteiger charge is 2.16. The van der Waals surface area contributed by atoms with Crippen LogP contribution < -0.4 is 9.88 Å². The van der Waals surface area contributed by atoms with Crippen molar-refractivity contribution in [2.75, 3.05) is 13.2 Å². The smallest absolute Gasteiger partial charge is 0.239 e. The highest BCUT2D eigenvalue weighted by Crippen LogP contribution is 2.33. The molecule has 0 amide bonds. The van der Waals surface area contributed by atoms with E-state index in [4.69, 9.17) is 37.8 Å². The Bertz CT molecular complexity index is 546. The molecular formula is C11H15Cl2NO4S. The lowest BCUT2D eigenvalue weighted by Crippen LogP contribution is -2.14. The first kappa shape index (κ1) is 16.5. The van der Waals surface area contributed by atoms with Gasteiger partial charge in [0.05, 0.1) is 22.8 Å². The van der Waals surface area contributed by atoms with Crippen molar-refractivity contribution in [3.05, 3.63) is 22.2 Å². The van der Waals surface area contributed by atoms with Crippen LogP contribution in [0.2, 0.25) is 10.0 Å². The van der Waals surface area contributed by atoms with Crippen LogP contribution in [0.25, 0.3) is 0 Å². The number of hydrogen-bond acceptors (Lipinski definition) is 4. The number of primary sulfonamides is 1. The first-order chi connectivity index (χ1) is 8.71. The maximum absolute atomic E-state index is 11.2. The molecule has 0 aliphatic heterocycles. The van der Waals surface area contributed by atoms with Gasteiger partial charge in [-0.25, -0.2) is 13.6 Å². The third-order valence-corrected chi connectivity index (χ3v) is 3.76. The lowest BCUT2D eigenvalue weighted by molar-refractivity contribution is 0.0553. The highest BCUT2D eigenvalue weighted by atomic mass is 35.5. The first-order valence-electron chi connectivity index (χ1n) is 5.48. The summed E-state index contributed by atoms with van der Waals surface area (Å²) in [4.78, 5) is -0.232. The average molecular weight is 328 g/mol. The average Bonchev–Trinajstić information content (AvgIpc) is 2.26. The van der Waals surface area contributed by atoms with E-state index in [1.807, 2.05) is 13.8 Å². The highest BCUT2D eigenvalue weighted by molar-refractivity contribution is 7.89. The fraction of sp³-hybridized carbons (Fsp3) is 0.455. The second-order valence-electron chi connectivity index (χ2n) is 4.03. The van der Waals surface area contributed by atoms with Crippen molar-refractivity contribution in [2.24, 2.45) is 5.14 Å². The molecule has 0 spiro atoms. The number of halogens is 2. The third kappa shape index (κ3) is 5.16. The lowest BCUT2D eigenvalue weighted by atomic mass is 10.3. The molecule has 0 unspecified atom stereocenters. The molecule has 2 N–H and O–H groups in total. The van der Waals surface area contributed by atoms with Gasteiger partial charge in [0, 0.05) is 6.07 Å². The quantitative estimate of drug-likeness (QED) is 0.814. The number of ether oxygens (including phenoxy) is 2. The maximum atomic E-state index is 11.2. The van der Waals surface area contributed by atoms with Crippen molar-refractivity contribution in [1.29, 1.82) is 0 Å². The van der Waals surface area contributed by atoms with E-state index in [1.54, 1.807) is 0 Å². The molecule has 5 nitrogen and oxygen atoms in total. The molecule has 8 heteroatoms. The van der Waals surface area contributed by atoms with Crippen molar-refractivity contribution in [2.45, 2.75) is 24.8 Å². The molecule has 1 aromatic carbocycles. The molecule has 1 rings (SSSR count). The monoisotopic (exact) mass is 327 g/mol. The molecule has 19 heavy (non-hydrogen) atoms. The molecule has 0 saturated heterocycles. The molecule has 0 saturated carbocycles. The fourth-order valence-electron chi connectivity index (χ4n) is 1.27. The summed E-state index contributed by atoms with van der Waals surface area (Å²) in [5.74, 6) is 0.284. The Morgan fingerprint density at radius 1 is 1.21 bits per heavy atom. The van der Waals surface area contributed by atoms with Gasteiger partial charge < -0.3 is 9.47 Å². The third-order valence-electron chi connectivity index (χ3n) is 2.09. The molecule has 0 atom stereocenters. The summed E-state index contributed by atoms with van der Waals surface area (Å²) in [6.45, 7) is 4.49. The van der Waals surface area contributed by atoms with E-state index in [1.165, 1.54) is 6.07 Å². The van der Waals surface area contributed by atoms with Gasteiger partial charge in [-0.2, -0.15) is 0 Å². The van der Waals surface area contributed by atoms with E-state index in [9.17, 15) is 8.42 Å². The van der Waals surface area contributed by atoms with Gasteiger partial charge in [-0.1, -0.05) is 23.2 Å². The maximum Gasteiger partial charge on any atom is 0.239 e. The standard InChI is InChI=1S/C11H15Cl2NO4S/c1-7(2)17-3-4-18-10-5-9(13)11(6-8(10)12)19(14,15)16/h5-7H,3-4H2,1-2H3,(H2,14,15,16). The molecule has 0 aliphatic carbocycles. The van der Waals surface area contributed by atoms with Gasteiger partial charge in [0.1, 0.15) is 17.3 Å². The Balaban J connectivity index is 2.80. The molecular weight excluding hydrogens is 313 g/mol. The molecule has 0 heterocycles. The summed E-state index contributed by atoms with van der Waals surface area (Å²) in [6.07, 6.45) is 0.104. The summed E-state index contributed by atoms with van der Waals surface area (Å²) in [6, 6.07) is 2.48. The fourth-order valence-corrected chi connectivity index (χ4v) is 2.65. The van der Waals surface area contributed by atoms with Crippen molar-refractivity contribution in [1.82, 2.24) is 0 Å². The summed E-state index contributed by atoms with van der Waals surface area (Å²) < 4.78 is 33.1. The van der Waals surface area contributed by atoms with Crippen molar-refractivity contribution < 1.29 is 17.9 Å². The predicted octanol–water partition coefficient (Wildman–Crippen LogP) is 2.44. The van der Waals surface area contributed by atoms with Gasteiger partial charge >= 0.3 is 0 Å². The van der Waals surface area contributed by atoms with E-state index in [2.05, 4.69) is 0 Å². The van der Waals surface area contributed by atoms with Crippen molar-refractivity contribution in [3.8, 4) is 5.75 Å². The number of sulfonamides is 1. The normalized spacial score (nSPS) is 11.9. The molecule has 108 valence electrons. The van der Waals surface area contributed by atoms with E-state index in [0.717, 1.165) is 6.07 Å². The summed E-state index contributed by atoms with van der Waals surface area (Å²) in [5.41, 5.74) is 0. The second-order valence-corrected chi connectivity index (χ2v) is 6.37. The Morgan fingerprint density at radius 2 is 1.84 bits per heavy atom. The Kier molecular flexibility index (Phi) is 5.88.